The van der Waals surface area contributed by atoms with Gasteiger partial charge in [0.15, 0.2) is 6.29 Å². The zero-order chi connectivity index (χ0) is 44.6. The SMILES string of the molecule is CCCCCCCCCCCCCCCCCCCCCCCCCCC(=O)N[C@@H](CO[C@@H]1O[C@H](CO)[C@H](O)C(O)C1O)[C@H](O)[C@H](O)CCCCCCCCCCCCCC. The highest BCUT2D eigenvalue weighted by Crippen LogP contribution is 2.23. The monoisotopic (exact) mass is 872 g/mol. The van der Waals surface area contributed by atoms with Crippen molar-refractivity contribution in [3.8, 4) is 0 Å². The largest absolute Gasteiger partial charge is 0.394 e. The Kier molecular flexibility index (Phi) is 39.9. The summed E-state index contributed by atoms with van der Waals surface area (Å²) >= 11 is 0. The molecule has 61 heavy (non-hydrogen) atoms. The molecule has 364 valence electrons. The molecule has 1 amide bonds. The highest BCUT2D eigenvalue weighted by atomic mass is 16.7. The summed E-state index contributed by atoms with van der Waals surface area (Å²) in [5.74, 6) is -0.252. The number of aliphatic hydroxyl groups excluding tert-OH is 6. The summed E-state index contributed by atoms with van der Waals surface area (Å²) in [5.41, 5.74) is 0. The molecular weight excluding hydrogens is 771 g/mol. The molecule has 0 aromatic heterocycles. The van der Waals surface area contributed by atoms with E-state index in [4.69, 9.17) is 9.47 Å². The van der Waals surface area contributed by atoms with Crippen LogP contribution in [0.5, 0.6) is 0 Å². The molecular formula is C51H101NO9. The van der Waals surface area contributed by atoms with Gasteiger partial charge in [0.25, 0.3) is 0 Å². The van der Waals surface area contributed by atoms with Crippen molar-refractivity contribution in [2.45, 2.75) is 307 Å². The van der Waals surface area contributed by atoms with Crippen LogP contribution in [0.3, 0.4) is 0 Å². The quantitative estimate of drug-likeness (QED) is 0.0295. The number of nitrogens with one attached hydrogen (secondary N) is 1. The highest BCUT2D eigenvalue weighted by molar-refractivity contribution is 5.76. The van der Waals surface area contributed by atoms with E-state index in [1.807, 2.05) is 0 Å². The second-order valence-electron chi connectivity index (χ2n) is 18.8. The van der Waals surface area contributed by atoms with Crippen molar-refractivity contribution in [1.82, 2.24) is 5.32 Å². The van der Waals surface area contributed by atoms with Crippen molar-refractivity contribution in [2.75, 3.05) is 13.2 Å². The van der Waals surface area contributed by atoms with E-state index in [1.54, 1.807) is 0 Å². The number of aliphatic hydroxyl groups is 6. The van der Waals surface area contributed by atoms with Gasteiger partial charge in [-0.05, 0) is 12.8 Å². The first-order valence-corrected chi connectivity index (χ1v) is 26.3. The van der Waals surface area contributed by atoms with Gasteiger partial charge in [0.1, 0.15) is 30.5 Å². The van der Waals surface area contributed by atoms with Gasteiger partial charge in [0.05, 0.1) is 25.4 Å². The van der Waals surface area contributed by atoms with Crippen LogP contribution in [0.25, 0.3) is 0 Å². The number of hydrogen-bond donors (Lipinski definition) is 7. The molecule has 2 unspecified atom stereocenters. The molecule has 10 nitrogen and oxygen atoms in total. The second-order valence-corrected chi connectivity index (χ2v) is 18.8. The summed E-state index contributed by atoms with van der Waals surface area (Å²) in [6.07, 6.45) is 36.9. The summed E-state index contributed by atoms with van der Waals surface area (Å²) in [5, 5.41) is 65.3. The minimum absolute atomic E-state index is 0.252. The Balaban J connectivity index is 2.24. The lowest BCUT2D eigenvalue weighted by Crippen LogP contribution is -2.60. The van der Waals surface area contributed by atoms with Crippen LogP contribution < -0.4 is 5.32 Å². The van der Waals surface area contributed by atoms with Gasteiger partial charge >= 0.3 is 0 Å². The summed E-state index contributed by atoms with van der Waals surface area (Å²) < 4.78 is 11.2. The van der Waals surface area contributed by atoms with Crippen LogP contribution in [0.15, 0.2) is 0 Å². The van der Waals surface area contributed by atoms with Gasteiger partial charge < -0.3 is 45.4 Å². The van der Waals surface area contributed by atoms with Gasteiger partial charge in [-0.2, -0.15) is 0 Å². The third-order valence-corrected chi connectivity index (χ3v) is 13.1. The van der Waals surface area contributed by atoms with Crippen molar-refractivity contribution in [3.63, 3.8) is 0 Å². The van der Waals surface area contributed by atoms with E-state index in [1.165, 1.54) is 193 Å². The molecule has 0 spiro atoms. The Hall–Kier alpha value is -0.850. The molecule has 0 radical (unpaired) electrons. The second kappa shape index (κ2) is 41.8. The third-order valence-electron chi connectivity index (χ3n) is 13.1. The van der Waals surface area contributed by atoms with Crippen LogP contribution in [0.4, 0.5) is 0 Å². The molecule has 0 bridgehead atoms. The minimum Gasteiger partial charge on any atom is -0.394 e. The lowest BCUT2D eigenvalue weighted by molar-refractivity contribution is -0.303. The molecule has 0 aromatic rings. The maximum absolute atomic E-state index is 13.0. The zero-order valence-electron chi connectivity index (χ0n) is 39.8. The number of carbonyl (C=O) groups excluding carboxylic acids is 1. The Labute approximate surface area is 375 Å². The van der Waals surface area contributed by atoms with Crippen LogP contribution in [0.2, 0.25) is 0 Å². The number of unbranched alkanes of at least 4 members (excludes halogenated alkanes) is 34. The van der Waals surface area contributed by atoms with Crippen LogP contribution in [0.1, 0.15) is 258 Å². The van der Waals surface area contributed by atoms with Gasteiger partial charge in [-0.15, -0.1) is 0 Å². The number of rotatable bonds is 45. The number of carbonyl (C=O) groups is 1. The van der Waals surface area contributed by atoms with Gasteiger partial charge in [0.2, 0.25) is 5.91 Å². The van der Waals surface area contributed by atoms with E-state index in [0.29, 0.717) is 6.42 Å². The molecule has 0 aromatic carbocycles. The maximum Gasteiger partial charge on any atom is 0.220 e. The Bertz CT molecular complexity index is 942. The lowest BCUT2D eigenvalue weighted by Gasteiger charge is -2.40. The van der Waals surface area contributed by atoms with Crippen molar-refractivity contribution in [2.24, 2.45) is 0 Å². The topological polar surface area (TPSA) is 169 Å². The van der Waals surface area contributed by atoms with Crippen LogP contribution in [0, 0.1) is 0 Å². The molecule has 1 heterocycles. The molecule has 1 saturated heterocycles. The summed E-state index contributed by atoms with van der Waals surface area (Å²) in [4.78, 5) is 13.0. The van der Waals surface area contributed by atoms with Crippen molar-refractivity contribution in [3.05, 3.63) is 0 Å². The molecule has 1 aliphatic rings. The molecule has 0 saturated carbocycles. The van der Waals surface area contributed by atoms with Crippen LogP contribution in [-0.4, -0.2) is 98.7 Å². The minimum atomic E-state index is -1.60. The van der Waals surface area contributed by atoms with Gasteiger partial charge in [0, 0.05) is 6.42 Å². The predicted octanol–water partition coefficient (Wildman–Crippen LogP) is 10.9. The average molecular weight is 872 g/mol. The molecule has 8 atom stereocenters. The number of hydrogen-bond acceptors (Lipinski definition) is 9. The van der Waals surface area contributed by atoms with Gasteiger partial charge in [-0.25, -0.2) is 0 Å². The van der Waals surface area contributed by atoms with E-state index >= 15 is 0 Å². The molecule has 1 rings (SSSR count). The van der Waals surface area contributed by atoms with Crippen molar-refractivity contribution in [1.29, 1.82) is 0 Å². The van der Waals surface area contributed by atoms with E-state index in [0.717, 1.165) is 38.5 Å². The lowest BCUT2D eigenvalue weighted by atomic mass is 9.98. The Morgan fingerprint density at radius 3 is 1.21 bits per heavy atom. The van der Waals surface area contributed by atoms with E-state index in [2.05, 4.69) is 19.2 Å². The van der Waals surface area contributed by atoms with Gasteiger partial charge in [-0.1, -0.05) is 239 Å². The molecule has 7 N–H and O–H groups in total. The van der Waals surface area contributed by atoms with E-state index in [-0.39, 0.29) is 18.9 Å². The Morgan fingerprint density at radius 1 is 0.508 bits per heavy atom. The molecule has 10 heteroatoms. The normalized spacial score (nSPS) is 20.8. The maximum atomic E-state index is 13.0. The van der Waals surface area contributed by atoms with Crippen molar-refractivity contribution >= 4 is 5.91 Å². The smallest absolute Gasteiger partial charge is 0.220 e. The van der Waals surface area contributed by atoms with Crippen LogP contribution >= 0.6 is 0 Å². The number of amides is 1. The first-order chi connectivity index (χ1) is 29.8. The first kappa shape index (κ1) is 58.2. The fourth-order valence-corrected chi connectivity index (χ4v) is 8.79. The summed E-state index contributed by atoms with van der Waals surface area (Å²) in [7, 11) is 0. The standard InChI is InChI=1S/C51H101NO9/c1-3-5-7-9-11-13-15-17-18-19-20-21-22-23-24-25-26-27-28-30-32-34-36-38-40-46(55)52-43(42-60-51-50(59)49(58)48(57)45(41-53)61-51)47(56)44(54)39-37-35-33-31-29-16-14-12-10-8-6-4-2/h43-45,47-51,53-54,56-59H,3-42H2,1-2H3,(H,52,55)/t43-,44+,45+,47-,48-,49?,50?,51+/m0/s1. The average Bonchev–Trinajstić information content (AvgIpc) is 3.26. The van der Waals surface area contributed by atoms with Crippen LogP contribution in [-0.2, 0) is 14.3 Å². The Morgan fingerprint density at radius 2 is 0.852 bits per heavy atom. The summed E-state index contributed by atoms with van der Waals surface area (Å²) in [6, 6.07) is -0.985. The molecule has 0 aliphatic carbocycles. The number of ether oxygens (including phenoxy) is 2. The van der Waals surface area contributed by atoms with E-state index < -0.39 is 55.6 Å². The zero-order valence-corrected chi connectivity index (χ0v) is 39.8. The van der Waals surface area contributed by atoms with E-state index in [9.17, 15) is 35.4 Å². The highest BCUT2D eigenvalue weighted by Gasteiger charge is 2.44. The van der Waals surface area contributed by atoms with Crippen molar-refractivity contribution < 1.29 is 44.9 Å². The third kappa shape index (κ3) is 31.6. The molecule has 1 fully saturated rings. The predicted molar refractivity (Wildman–Crippen MR) is 250 cm³/mol. The van der Waals surface area contributed by atoms with Gasteiger partial charge in [-0.3, -0.25) is 4.79 Å². The fourth-order valence-electron chi connectivity index (χ4n) is 8.79. The fraction of sp³-hybridized carbons (Fsp3) is 0.980. The first-order valence-electron chi connectivity index (χ1n) is 26.3. The summed E-state index contributed by atoms with van der Waals surface area (Å²) in [6.45, 7) is 3.63. The molecule has 1 aliphatic heterocycles.